The first-order valence-electron chi connectivity index (χ1n) is 10.8. The van der Waals surface area contributed by atoms with E-state index in [-0.39, 0.29) is 33.9 Å². The number of nitro groups is 2. The first-order valence-corrected chi connectivity index (χ1v) is 11.6. The maximum absolute atomic E-state index is 12.7. The van der Waals surface area contributed by atoms with Crippen molar-refractivity contribution in [2.75, 3.05) is 19.0 Å². The SMILES string of the molecule is CCOc1cc(/C=C(\C#N)C(=O)Nc2ccc(OC)cc2)cc(Br)c1Oc1ccc([N+](=O)[O-])cc1[N+](=O)[O-]. The summed E-state index contributed by atoms with van der Waals surface area (Å²) in [6.45, 7) is 1.90. The van der Waals surface area contributed by atoms with Gasteiger partial charge in [-0.2, -0.15) is 5.26 Å². The number of amides is 1. The summed E-state index contributed by atoms with van der Waals surface area (Å²) in [5.74, 6) is -0.0831. The molecule has 0 aliphatic heterocycles. The van der Waals surface area contributed by atoms with Crippen molar-refractivity contribution in [2.45, 2.75) is 6.92 Å². The van der Waals surface area contributed by atoms with Crippen molar-refractivity contribution in [3.8, 4) is 29.1 Å². The number of nitriles is 1. The minimum Gasteiger partial charge on any atom is -0.497 e. The van der Waals surface area contributed by atoms with Gasteiger partial charge in [0.15, 0.2) is 11.5 Å². The number of carbonyl (C=O) groups excluding carboxylic acids is 1. The molecule has 3 aromatic rings. The van der Waals surface area contributed by atoms with Crippen LogP contribution < -0.4 is 19.5 Å². The van der Waals surface area contributed by atoms with Crippen LogP contribution in [0, 0.1) is 31.6 Å². The summed E-state index contributed by atoms with van der Waals surface area (Å²) in [6.07, 6.45) is 1.34. The Hall–Kier alpha value is -4.96. The van der Waals surface area contributed by atoms with Crippen molar-refractivity contribution in [2.24, 2.45) is 0 Å². The quantitative estimate of drug-likeness (QED) is 0.130. The largest absolute Gasteiger partial charge is 0.497 e. The second-order valence-corrected chi connectivity index (χ2v) is 8.24. The predicted molar refractivity (Wildman–Crippen MR) is 140 cm³/mol. The molecule has 3 rings (SSSR count). The number of nitro benzene ring substituents is 2. The molecule has 194 valence electrons. The lowest BCUT2D eigenvalue weighted by Gasteiger charge is -2.14. The minimum atomic E-state index is -0.797. The summed E-state index contributed by atoms with van der Waals surface area (Å²) in [7, 11) is 1.52. The molecule has 1 N–H and O–H groups in total. The van der Waals surface area contributed by atoms with Gasteiger partial charge in [0.05, 0.1) is 34.1 Å². The van der Waals surface area contributed by atoms with Gasteiger partial charge in [-0.05, 0) is 77.0 Å². The van der Waals surface area contributed by atoms with Crippen LogP contribution in [0.5, 0.6) is 23.0 Å². The van der Waals surface area contributed by atoms with Crippen molar-refractivity contribution in [1.29, 1.82) is 5.26 Å². The smallest absolute Gasteiger partial charge is 0.318 e. The Balaban J connectivity index is 1.95. The van der Waals surface area contributed by atoms with Gasteiger partial charge in [0.1, 0.15) is 17.4 Å². The fourth-order valence-electron chi connectivity index (χ4n) is 3.18. The third kappa shape index (κ3) is 6.62. The van der Waals surface area contributed by atoms with Crippen molar-refractivity contribution in [3.05, 3.63) is 90.4 Å². The number of nitrogens with zero attached hydrogens (tertiary/aromatic N) is 3. The number of carbonyl (C=O) groups is 1. The molecule has 3 aromatic carbocycles. The van der Waals surface area contributed by atoms with Crippen molar-refractivity contribution in [1.82, 2.24) is 0 Å². The van der Waals surface area contributed by atoms with E-state index in [4.69, 9.17) is 14.2 Å². The molecule has 0 spiro atoms. The highest BCUT2D eigenvalue weighted by Gasteiger charge is 2.24. The summed E-state index contributed by atoms with van der Waals surface area (Å²) in [4.78, 5) is 33.6. The first-order chi connectivity index (χ1) is 18.2. The lowest BCUT2D eigenvalue weighted by Crippen LogP contribution is -2.13. The van der Waals surface area contributed by atoms with E-state index in [1.165, 1.54) is 25.3 Å². The zero-order chi connectivity index (χ0) is 27.8. The second-order valence-electron chi connectivity index (χ2n) is 7.38. The molecule has 12 nitrogen and oxygen atoms in total. The number of nitrogens with one attached hydrogen (secondary N) is 1. The topological polar surface area (TPSA) is 167 Å². The van der Waals surface area contributed by atoms with Gasteiger partial charge in [-0.3, -0.25) is 25.0 Å². The Morgan fingerprint density at radius 1 is 1.08 bits per heavy atom. The minimum absolute atomic E-state index is 0.0575. The Bertz CT molecular complexity index is 1470. The van der Waals surface area contributed by atoms with Crippen molar-refractivity contribution in [3.63, 3.8) is 0 Å². The highest BCUT2D eigenvalue weighted by atomic mass is 79.9. The third-order valence-corrected chi connectivity index (χ3v) is 5.51. The molecule has 13 heteroatoms. The molecule has 0 saturated heterocycles. The van der Waals surface area contributed by atoms with E-state index in [1.54, 1.807) is 31.2 Å². The fourth-order valence-corrected chi connectivity index (χ4v) is 3.72. The van der Waals surface area contributed by atoms with Crippen molar-refractivity contribution < 1.29 is 28.9 Å². The monoisotopic (exact) mass is 582 g/mol. The second kappa shape index (κ2) is 12.3. The van der Waals surface area contributed by atoms with Gasteiger partial charge >= 0.3 is 5.69 Å². The number of hydrogen-bond acceptors (Lipinski definition) is 9. The molecule has 0 heterocycles. The number of ether oxygens (including phenoxy) is 3. The summed E-state index contributed by atoms with van der Waals surface area (Å²) in [5.41, 5.74) is -0.422. The number of rotatable bonds is 10. The first kappa shape index (κ1) is 27.6. The van der Waals surface area contributed by atoms with Gasteiger partial charge in [-0.1, -0.05) is 0 Å². The lowest BCUT2D eigenvalue weighted by molar-refractivity contribution is -0.394. The normalized spacial score (nSPS) is 10.7. The highest BCUT2D eigenvalue weighted by molar-refractivity contribution is 9.10. The average molecular weight is 583 g/mol. The van der Waals surface area contributed by atoms with Crippen LogP contribution >= 0.6 is 15.9 Å². The molecule has 38 heavy (non-hydrogen) atoms. The molecule has 0 fully saturated rings. The summed E-state index contributed by atoms with van der Waals surface area (Å²) in [5, 5.41) is 34.7. The van der Waals surface area contributed by atoms with E-state index in [9.17, 15) is 30.3 Å². The van der Waals surface area contributed by atoms with Crippen LogP contribution in [0.15, 0.2) is 64.6 Å². The molecule has 0 radical (unpaired) electrons. The molecule has 0 atom stereocenters. The van der Waals surface area contributed by atoms with Gasteiger partial charge in [0.2, 0.25) is 5.75 Å². The molecule has 0 saturated carbocycles. The van der Waals surface area contributed by atoms with Crippen LogP contribution in [0.2, 0.25) is 0 Å². The average Bonchev–Trinajstić information content (AvgIpc) is 2.89. The predicted octanol–water partition coefficient (Wildman–Crippen LogP) is 6.01. The van der Waals surface area contributed by atoms with Crippen LogP contribution in [-0.2, 0) is 4.79 Å². The Kier molecular flexibility index (Phi) is 8.96. The molecule has 0 unspecified atom stereocenters. The van der Waals surface area contributed by atoms with Crippen LogP contribution in [0.4, 0.5) is 17.1 Å². The summed E-state index contributed by atoms with van der Waals surface area (Å²) < 4.78 is 16.7. The molecule has 1 amide bonds. The number of non-ortho nitro benzene ring substituents is 1. The standard InChI is InChI=1S/C25H19BrN4O8/c1-3-37-23-12-15(10-16(14-27)25(31)28-17-4-7-19(36-2)8-5-17)11-20(26)24(23)38-22-9-6-18(29(32)33)13-21(22)30(34)35/h4-13H,3H2,1-2H3,(H,28,31)/b16-10+. The summed E-state index contributed by atoms with van der Waals surface area (Å²) >= 11 is 3.33. The number of methoxy groups -OCH3 is 1. The van der Waals surface area contributed by atoms with E-state index in [0.717, 1.165) is 18.2 Å². The molecular formula is C25H19BrN4O8. The zero-order valence-electron chi connectivity index (χ0n) is 20.0. The third-order valence-electron chi connectivity index (χ3n) is 4.92. The van der Waals surface area contributed by atoms with Crippen LogP contribution in [-0.4, -0.2) is 29.5 Å². The molecule has 0 bridgehead atoms. The van der Waals surface area contributed by atoms with Crippen LogP contribution in [0.3, 0.4) is 0 Å². The van der Waals surface area contributed by atoms with Gasteiger partial charge in [0, 0.05) is 11.8 Å². The van der Waals surface area contributed by atoms with Gasteiger partial charge in [-0.15, -0.1) is 0 Å². The van der Waals surface area contributed by atoms with E-state index in [2.05, 4.69) is 21.2 Å². The number of hydrogen-bond donors (Lipinski definition) is 1. The molecular weight excluding hydrogens is 564 g/mol. The van der Waals surface area contributed by atoms with E-state index in [0.29, 0.717) is 17.0 Å². The number of halogens is 1. The van der Waals surface area contributed by atoms with Crippen molar-refractivity contribution >= 4 is 45.0 Å². The van der Waals surface area contributed by atoms with Gasteiger partial charge in [-0.25, -0.2) is 0 Å². The molecule has 0 aromatic heterocycles. The highest BCUT2D eigenvalue weighted by Crippen LogP contribution is 2.43. The van der Waals surface area contributed by atoms with Gasteiger partial charge in [0.25, 0.3) is 11.6 Å². The van der Waals surface area contributed by atoms with Crippen LogP contribution in [0.1, 0.15) is 12.5 Å². The molecule has 0 aliphatic carbocycles. The van der Waals surface area contributed by atoms with E-state index < -0.39 is 27.1 Å². The zero-order valence-corrected chi connectivity index (χ0v) is 21.6. The summed E-state index contributed by atoms with van der Waals surface area (Å²) in [6, 6.07) is 14.4. The Labute approximate surface area is 224 Å². The van der Waals surface area contributed by atoms with E-state index in [1.807, 2.05) is 6.07 Å². The molecule has 0 aliphatic rings. The van der Waals surface area contributed by atoms with Gasteiger partial charge < -0.3 is 19.5 Å². The maximum atomic E-state index is 12.7. The Morgan fingerprint density at radius 2 is 1.79 bits per heavy atom. The Morgan fingerprint density at radius 3 is 2.37 bits per heavy atom. The lowest BCUT2D eigenvalue weighted by atomic mass is 10.1. The van der Waals surface area contributed by atoms with Crippen LogP contribution in [0.25, 0.3) is 6.08 Å². The number of anilines is 1. The number of benzene rings is 3. The van der Waals surface area contributed by atoms with E-state index >= 15 is 0 Å². The maximum Gasteiger partial charge on any atom is 0.318 e. The fraction of sp³-hybridized carbons (Fsp3) is 0.120.